The van der Waals surface area contributed by atoms with E-state index >= 15 is 0 Å². The fourth-order valence-corrected chi connectivity index (χ4v) is 2.52. The predicted molar refractivity (Wildman–Crippen MR) is 59.9 cm³/mol. The van der Waals surface area contributed by atoms with Gasteiger partial charge in [0.2, 0.25) is 0 Å². The number of carbonyl (C=O) groups is 2. The first-order valence-electron chi connectivity index (χ1n) is 4.65. The Balaban J connectivity index is 2.55. The van der Waals surface area contributed by atoms with Gasteiger partial charge in [0, 0.05) is 15.6 Å². The molecule has 1 aromatic carbocycles. The van der Waals surface area contributed by atoms with Gasteiger partial charge in [-0.1, -0.05) is 23.2 Å². The van der Waals surface area contributed by atoms with E-state index in [9.17, 15) is 9.59 Å². The van der Waals surface area contributed by atoms with E-state index in [-0.39, 0.29) is 12.4 Å². The number of aryl methyl sites for hydroxylation is 1. The lowest BCUT2D eigenvalue weighted by atomic mass is 9.96. The largest absolute Gasteiger partial charge is 0.457 e. The fraction of sp³-hybridized carbons (Fsp3) is 0.273. The van der Waals surface area contributed by atoms with E-state index in [1.165, 1.54) is 0 Å². The Morgan fingerprint density at radius 2 is 1.81 bits per heavy atom. The van der Waals surface area contributed by atoms with Gasteiger partial charge in [0.15, 0.2) is 12.4 Å². The van der Waals surface area contributed by atoms with Crippen LogP contribution in [0.25, 0.3) is 0 Å². The first kappa shape index (κ1) is 11.4. The molecule has 0 bridgehead atoms. The van der Waals surface area contributed by atoms with Crippen molar-refractivity contribution in [2.75, 3.05) is 6.61 Å². The molecule has 1 fully saturated rings. The summed E-state index contributed by atoms with van der Waals surface area (Å²) in [4.78, 5) is 22.9. The summed E-state index contributed by atoms with van der Waals surface area (Å²) in [5.74, 6) is -1.86. The van der Waals surface area contributed by atoms with Gasteiger partial charge >= 0.3 is 5.97 Å². The number of hydrogen-bond acceptors (Lipinski definition) is 3. The van der Waals surface area contributed by atoms with Crippen molar-refractivity contribution in [3.05, 3.63) is 33.3 Å². The Kier molecular flexibility index (Phi) is 2.91. The van der Waals surface area contributed by atoms with Crippen LogP contribution in [0.3, 0.4) is 0 Å². The zero-order chi connectivity index (χ0) is 11.9. The summed E-state index contributed by atoms with van der Waals surface area (Å²) < 4.78 is 4.67. The minimum atomic E-state index is -0.972. The Labute approximate surface area is 102 Å². The zero-order valence-corrected chi connectivity index (χ0v) is 9.93. The van der Waals surface area contributed by atoms with Crippen LogP contribution in [0.15, 0.2) is 12.1 Å². The Bertz CT molecular complexity index is 443. The highest BCUT2D eigenvalue weighted by Crippen LogP contribution is 2.36. The van der Waals surface area contributed by atoms with Gasteiger partial charge in [0.05, 0.1) is 0 Å². The molecule has 16 heavy (non-hydrogen) atoms. The molecule has 1 atom stereocenters. The molecule has 2 rings (SSSR count). The highest BCUT2D eigenvalue weighted by atomic mass is 35.5. The maximum atomic E-state index is 11.5. The molecule has 0 amide bonds. The lowest BCUT2D eigenvalue weighted by Gasteiger charge is -2.10. The van der Waals surface area contributed by atoms with Crippen LogP contribution in [-0.4, -0.2) is 18.4 Å². The van der Waals surface area contributed by atoms with Crippen LogP contribution in [0.4, 0.5) is 0 Å². The molecule has 1 aliphatic rings. The van der Waals surface area contributed by atoms with E-state index in [1.807, 2.05) is 6.92 Å². The molecule has 1 heterocycles. The van der Waals surface area contributed by atoms with Crippen LogP contribution >= 0.6 is 23.2 Å². The summed E-state index contributed by atoms with van der Waals surface area (Å²) in [6.07, 6.45) is 0. The number of carbonyl (C=O) groups excluding carboxylic acids is 2. The quantitative estimate of drug-likeness (QED) is 0.575. The summed E-state index contributed by atoms with van der Waals surface area (Å²) in [6.45, 7) is 1.63. The third-order valence-corrected chi connectivity index (χ3v) is 3.05. The van der Waals surface area contributed by atoms with E-state index in [1.54, 1.807) is 12.1 Å². The molecule has 0 aromatic heterocycles. The third-order valence-electron chi connectivity index (χ3n) is 2.43. The molecule has 1 aliphatic heterocycles. The van der Waals surface area contributed by atoms with E-state index in [0.717, 1.165) is 5.56 Å². The van der Waals surface area contributed by atoms with Crippen LogP contribution in [0, 0.1) is 6.92 Å². The minimum Gasteiger partial charge on any atom is -0.457 e. The van der Waals surface area contributed by atoms with Gasteiger partial charge in [-0.05, 0) is 24.6 Å². The Hall–Kier alpha value is -1.06. The second-order valence-electron chi connectivity index (χ2n) is 3.65. The molecular formula is C11H8Cl2O3. The second kappa shape index (κ2) is 4.07. The number of benzene rings is 1. The number of rotatable bonds is 1. The topological polar surface area (TPSA) is 43.4 Å². The molecule has 1 unspecified atom stereocenters. The van der Waals surface area contributed by atoms with Gasteiger partial charge < -0.3 is 4.74 Å². The molecule has 0 radical (unpaired) electrons. The van der Waals surface area contributed by atoms with Crippen molar-refractivity contribution in [1.82, 2.24) is 0 Å². The lowest BCUT2D eigenvalue weighted by Crippen LogP contribution is -2.14. The summed E-state index contributed by atoms with van der Waals surface area (Å²) in [5.41, 5.74) is 1.22. The maximum absolute atomic E-state index is 11.5. The summed E-state index contributed by atoms with van der Waals surface area (Å²) in [6, 6.07) is 3.34. The van der Waals surface area contributed by atoms with Crippen molar-refractivity contribution in [2.45, 2.75) is 12.8 Å². The number of cyclic esters (lactones) is 1. The minimum absolute atomic E-state index is 0.204. The highest BCUT2D eigenvalue weighted by Gasteiger charge is 2.39. The molecule has 1 aromatic rings. The molecule has 1 saturated heterocycles. The molecule has 3 nitrogen and oxygen atoms in total. The molecule has 0 N–H and O–H groups in total. The normalized spacial score (nSPS) is 20.1. The van der Waals surface area contributed by atoms with Crippen molar-refractivity contribution >= 4 is 35.0 Å². The van der Waals surface area contributed by atoms with Gasteiger partial charge in [-0.3, -0.25) is 9.59 Å². The summed E-state index contributed by atoms with van der Waals surface area (Å²) >= 11 is 12.0. The van der Waals surface area contributed by atoms with Crippen molar-refractivity contribution in [2.24, 2.45) is 0 Å². The average molecular weight is 259 g/mol. The van der Waals surface area contributed by atoms with Gasteiger partial charge in [-0.15, -0.1) is 0 Å². The Morgan fingerprint density at radius 3 is 2.25 bits per heavy atom. The lowest BCUT2D eigenvalue weighted by molar-refractivity contribution is -0.139. The van der Waals surface area contributed by atoms with Crippen LogP contribution in [0.1, 0.15) is 17.0 Å². The molecule has 0 saturated carbocycles. The predicted octanol–water partition coefficient (Wildman–Crippen LogP) is 2.51. The first-order chi connectivity index (χ1) is 7.50. The van der Waals surface area contributed by atoms with E-state index in [0.29, 0.717) is 15.6 Å². The van der Waals surface area contributed by atoms with Gasteiger partial charge in [-0.25, -0.2) is 0 Å². The first-order valence-corrected chi connectivity index (χ1v) is 5.41. The number of esters is 1. The van der Waals surface area contributed by atoms with Crippen molar-refractivity contribution in [3.63, 3.8) is 0 Å². The number of halogens is 2. The molecule has 0 aliphatic carbocycles. The number of Topliss-reactive ketones (excluding diaryl/α,β-unsaturated/α-hetero) is 1. The zero-order valence-electron chi connectivity index (χ0n) is 8.42. The van der Waals surface area contributed by atoms with Crippen molar-refractivity contribution < 1.29 is 14.3 Å². The van der Waals surface area contributed by atoms with Crippen molar-refractivity contribution in [1.29, 1.82) is 0 Å². The summed E-state index contributed by atoms with van der Waals surface area (Å²) in [5, 5.41) is 0.643. The van der Waals surface area contributed by atoms with Crippen molar-refractivity contribution in [3.8, 4) is 0 Å². The van der Waals surface area contributed by atoms with E-state index in [4.69, 9.17) is 23.2 Å². The van der Waals surface area contributed by atoms with Gasteiger partial charge in [-0.2, -0.15) is 0 Å². The maximum Gasteiger partial charge on any atom is 0.321 e. The fourth-order valence-electron chi connectivity index (χ4n) is 1.71. The second-order valence-corrected chi connectivity index (χ2v) is 4.46. The van der Waals surface area contributed by atoms with E-state index in [2.05, 4.69) is 4.74 Å². The molecule has 0 spiro atoms. The van der Waals surface area contributed by atoms with Crippen LogP contribution in [0.5, 0.6) is 0 Å². The van der Waals surface area contributed by atoms with Gasteiger partial charge in [0.1, 0.15) is 5.92 Å². The average Bonchev–Trinajstić information content (AvgIpc) is 2.47. The monoisotopic (exact) mass is 258 g/mol. The summed E-state index contributed by atoms with van der Waals surface area (Å²) in [7, 11) is 0. The standard InChI is InChI=1S/C11H8Cl2O3/c1-5-2-6(12)9(7(13)3-5)10-8(14)4-16-11(10)15/h2-3,10H,4H2,1H3. The van der Waals surface area contributed by atoms with Crippen LogP contribution in [-0.2, 0) is 14.3 Å². The molecule has 84 valence electrons. The molecule has 5 heteroatoms. The van der Waals surface area contributed by atoms with E-state index < -0.39 is 11.9 Å². The number of ether oxygens (including phenoxy) is 1. The third kappa shape index (κ3) is 1.81. The van der Waals surface area contributed by atoms with Crippen LogP contribution < -0.4 is 0 Å². The smallest absolute Gasteiger partial charge is 0.321 e. The number of ketones is 1. The SMILES string of the molecule is Cc1cc(Cl)c(C2C(=O)COC2=O)c(Cl)c1. The van der Waals surface area contributed by atoms with Gasteiger partial charge in [0.25, 0.3) is 0 Å². The number of hydrogen-bond donors (Lipinski definition) is 0. The molecular weight excluding hydrogens is 251 g/mol. The Morgan fingerprint density at radius 1 is 1.25 bits per heavy atom. The highest BCUT2D eigenvalue weighted by molar-refractivity contribution is 6.37. The van der Waals surface area contributed by atoms with Crippen LogP contribution in [0.2, 0.25) is 10.0 Å².